The molecule has 0 aliphatic rings. The first-order valence-electron chi connectivity index (χ1n) is 4.49. The molecule has 0 saturated heterocycles. The Morgan fingerprint density at radius 3 is 1.13 bits per heavy atom. The second kappa shape index (κ2) is 18.6. The van der Waals surface area contributed by atoms with Gasteiger partial charge in [0.2, 0.25) is 0 Å². The van der Waals surface area contributed by atoms with Gasteiger partial charge >= 0.3 is 0 Å². The van der Waals surface area contributed by atoms with Crippen molar-refractivity contribution >= 4 is 11.9 Å². The monoisotopic (exact) mass is 224 g/mol. The lowest BCUT2D eigenvalue weighted by Gasteiger charge is -1.90. The Morgan fingerprint density at radius 2 is 1.00 bits per heavy atom. The minimum Gasteiger partial charge on any atom is -0.481 e. The van der Waals surface area contributed by atoms with Gasteiger partial charge in [0.1, 0.15) is 0 Å². The van der Waals surface area contributed by atoms with Gasteiger partial charge in [-0.2, -0.15) is 0 Å². The predicted molar refractivity (Wildman–Crippen MR) is 54.6 cm³/mol. The highest BCUT2D eigenvalue weighted by Crippen LogP contribution is 1.90. The average molecular weight is 224 g/mol. The number of aliphatic carboxylic acids is 2. The number of carboxylic acids is 2. The topological polar surface area (TPSA) is 115 Å². The van der Waals surface area contributed by atoms with Crippen LogP contribution < -0.4 is 0 Å². The Kier molecular flexibility index (Phi) is 24.1. The fourth-order valence-electron chi connectivity index (χ4n) is 0.400. The summed E-state index contributed by atoms with van der Waals surface area (Å²) in [6.07, 6.45) is 2.58. The van der Waals surface area contributed by atoms with E-state index in [0.717, 1.165) is 33.1 Å². The summed E-state index contributed by atoms with van der Waals surface area (Å²) >= 11 is 0. The summed E-state index contributed by atoms with van der Waals surface area (Å²) in [5, 5.41) is 31.3. The number of hydrogen-bond acceptors (Lipinski definition) is 4. The van der Waals surface area contributed by atoms with E-state index in [9.17, 15) is 0 Å². The number of aliphatic hydroxyl groups excluding tert-OH is 2. The number of carbonyl (C=O) groups is 2. The molecule has 15 heavy (non-hydrogen) atoms. The van der Waals surface area contributed by atoms with E-state index in [0.29, 0.717) is 0 Å². The van der Waals surface area contributed by atoms with Gasteiger partial charge in [0, 0.05) is 27.1 Å². The molecule has 0 aromatic heterocycles. The Morgan fingerprint density at radius 1 is 0.800 bits per heavy atom. The molecule has 92 valence electrons. The summed E-state index contributed by atoms with van der Waals surface area (Å²) in [6, 6.07) is 0. The normalized spacial score (nSPS) is 7.73. The van der Waals surface area contributed by atoms with Crippen molar-refractivity contribution in [1.82, 2.24) is 0 Å². The molecular weight excluding hydrogens is 204 g/mol. The first-order valence-corrected chi connectivity index (χ1v) is 4.49. The van der Waals surface area contributed by atoms with E-state index < -0.39 is 11.9 Å². The maximum Gasteiger partial charge on any atom is 0.300 e. The van der Waals surface area contributed by atoms with Crippen LogP contribution in [0.2, 0.25) is 0 Å². The quantitative estimate of drug-likeness (QED) is 0.511. The summed E-state index contributed by atoms with van der Waals surface area (Å²) in [7, 11) is 0. The van der Waals surface area contributed by atoms with Crippen molar-refractivity contribution in [1.29, 1.82) is 0 Å². The third kappa shape index (κ3) is 185. The number of aliphatic hydroxyl groups is 2. The van der Waals surface area contributed by atoms with Crippen LogP contribution in [0.5, 0.6) is 0 Å². The molecule has 0 saturated carbocycles. The lowest BCUT2D eigenvalue weighted by molar-refractivity contribution is -0.135. The molecule has 0 heterocycles. The highest BCUT2D eigenvalue weighted by molar-refractivity contribution is 5.63. The van der Waals surface area contributed by atoms with Crippen LogP contribution in [0.3, 0.4) is 0 Å². The third-order valence-electron chi connectivity index (χ3n) is 0.816. The average Bonchev–Trinajstić information content (AvgIpc) is 2.03. The van der Waals surface area contributed by atoms with E-state index in [2.05, 4.69) is 0 Å². The van der Waals surface area contributed by atoms with E-state index in [1.54, 1.807) is 0 Å². The van der Waals surface area contributed by atoms with Crippen molar-refractivity contribution in [3.05, 3.63) is 0 Å². The first-order chi connectivity index (χ1) is 6.88. The van der Waals surface area contributed by atoms with Gasteiger partial charge in [0.05, 0.1) is 0 Å². The molecule has 0 unspecified atom stereocenters. The Labute approximate surface area is 89.2 Å². The molecule has 6 heteroatoms. The molecule has 0 aromatic rings. The molecule has 0 aliphatic carbocycles. The Balaban J connectivity index is -0.000000155. The summed E-state index contributed by atoms with van der Waals surface area (Å²) in [6.45, 7) is 2.67. The predicted octanol–water partition coefficient (Wildman–Crippen LogP) is 0.323. The van der Waals surface area contributed by atoms with Crippen molar-refractivity contribution in [3.63, 3.8) is 0 Å². The minimum absolute atomic E-state index is 0.250. The van der Waals surface area contributed by atoms with E-state index in [1.165, 1.54) is 0 Å². The minimum atomic E-state index is -0.833. The molecule has 0 radical (unpaired) electrons. The largest absolute Gasteiger partial charge is 0.481 e. The SMILES string of the molecule is CC(=O)O.CC(=O)O.OCCCCCO. The molecule has 0 amide bonds. The van der Waals surface area contributed by atoms with Crippen LogP contribution in [0.4, 0.5) is 0 Å². The van der Waals surface area contributed by atoms with Gasteiger partial charge in [-0.3, -0.25) is 9.59 Å². The fraction of sp³-hybridized carbons (Fsp3) is 0.778. The van der Waals surface area contributed by atoms with E-state index in [4.69, 9.17) is 30.0 Å². The molecule has 0 rings (SSSR count). The van der Waals surface area contributed by atoms with Crippen LogP contribution >= 0.6 is 0 Å². The number of unbranched alkanes of at least 4 members (excludes halogenated alkanes) is 2. The molecule has 0 fully saturated rings. The van der Waals surface area contributed by atoms with Gasteiger partial charge in [0.25, 0.3) is 11.9 Å². The smallest absolute Gasteiger partial charge is 0.300 e. The zero-order valence-electron chi connectivity index (χ0n) is 9.14. The second-order valence-electron chi connectivity index (χ2n) is 2.55. The Bertz CT molecular complexity index is 122. The van der Waals surface area contributed by atoms with Gasteiger partial charge in [-0.1, -0.05) is 0 Å². The molecule has 0 aliphatic heterocycles. The van der Waals surface area contributed by atoms with Crippen molar-refractivity contribution in [2.45, 2.75) is 33.1 Å². The lowest BCUT2D eigenvalue weighted by Crippen LogP contribution is -1.85. The number of rotatable bonds is 4. The van der Waals surface area contributed by atoms with E-state index in [1.807, 2.05) is 0 Å². The lowest BCUT2D eigenvalue weighted by atomic mass is 10.2. The molecular formula is C9H20O6. The fourth-order valence-corrected chi connectivity index (χ4v) is 0.400. The van der Waals surface area contributed by atoms with Crippen LogP contribution in [0.1, 0.15) is 33.1 Å². The van der Waals surface area contributed by atoms with E-state index >= 15 is 0 Å². The van der Waals surface area contributed by atoms with Crippen LogP contribution in [0.25, 0.3) is 0 Å². The second-order valence-corrected chi connectivity index (χ2v) is 2.55. The van der Waals surface area contributed by atoms with Crippen molar-refractivity contribution in [2.75, 3.05) is 13.2 Å². The van der Waals surface area contributed by atoms with Crippen LogP contribution in [-0.2, 0) is 9.59 Å². The van der Waals surface area contributed by atoms with Gasteiger partial charge in [-0.15, -0.1) is 0 Å². The number of carboxylic acid groups (broad SMARTS) is 2. The zero-order chi connectivity index (χ0) is 12.7. The third-order valence-corrected chi connectivity index (χ3v) is 0.816. The van der Waals surface area contributed by atoms with Crippen LogP contribution in [0, 0.1) is 0 Å². The van der Waals surface area contributed by atoms with Crippen molar-refractivity contribution in [2.24, 2.45) is 0 Å². The van der Waals surface area contributed by atoms with Crippen LogP contribution in [0.15, 0.2) is 0 Å². The maximum atomic E-state index is 9.00. The summed E-state index contributed by atoms with van der Waals surface area (Å²) < 4.78 is 0. The standard InChI is InChI=1S/C5H12O2.2C2H4O2/c6-4-2-1-3-5-7;2*1-2(3)4/h6-7H,1-5H2;2*1H3,(H,3,4). The first kappa shape index (κ1) is 19.4. The van der Waals surface area contributed by atoms with Gasteiger partial charge < -0.3 is 20.4 Å². The highest BCUT2D eigenvalue weighted by Gasteiger charge is 1.81. The molecule has 0 aromatic carbocycles. The summed E-state index contributed by atoms with van der Waals surface area (Å²) in [5.74, 6) is -1.67. The van der Waals surface area contributed by atoms with E-state index in [-0.39, 0.29) is 13.2 Å². The molecule has 0 atom stereocenters. The van der Waals surface area contributed by atoms with Crippen molar-refractivity contribution < 1.29 is 30.0 Å². The molecule has 0 bridgehead atoms. The van der Waals surface area contributed by atoms with Gasteiger partial charge in [0.15, 0.2) is 0 Å². The van der Waals surface area contributed by atoms with Gasteiger partial charge in [-0.05, 0) is 19.3 Å². The summed E-state index contributed by atoms with van der Waals surface area (Å²) in [5.41, 5.74) is 0. The maximum absolute atomic E-state index is 9.00. The molecule has 0 spiro atoms. The molecule has 4 N–H and O–H groups in total. The number of hydrogen-bond donors (Lipinski definition) is 4. The molecule has 6 nitrogen and oxygen atoms in total. The van der Waals surface area contributed by atoms with Crippen LogP contribution in [-0.4, -0.2) is 45.6 Å². The zero-order valence-corrected chi connectivity index (χ0v) is 9.14. The van der Waals surface area contributed by atoms with Crippen molar-refractivity contribution in [3.8, 4) is 0 Å². The van der Waals surface area contributed by atoms with Gasteiger partial charge in [-0.25, -0.2) is 0 Å². The highest BCUT2D eigenvalue weighted by atomic mass is 16.4. The summed E-state index contributed by atoms with van der Waals surface area (Å²) in [4.78, 5) is 18.0. The Hall–Kier alpha value is -1.14.